The highest BCUT2D eigenvalue weighted by atomic mass is 16.5. The Hall–Kier alpha value is -2.44. The monoisotopic (exact) mass is 275 g/mol. The molecule has 20 heavy (non-hydrogen) atoms. The number of carbonyl (C=O) groups excluding carboxylic acids is 1. The normalized spacial score (nSPS) is 11.2. The number of rotatable bonds is 3. The third kappa shape index (κ3) is 3.78. The molecule has 0 fully saturated rings. The van der Waals surface area contributed by atoms with Crippen molar-refractivity contribution in [3.8, 4) is 0 Å². The Balaban J connectivity index is 2.04. The Bertz CT molecular complexity index is 598. The third-order valence-electron chi connectivity index (χ3n) is 2.27. The molecule has 1 amide bonds. The number of anilines is 2. The van der Waals surface area contributed by atoms with Gasteiger partial charge in [0, 0.05) is 24.0 Å². The predicted molar refractivity (Wildman–Crippen MR) is 73.8 cm³/mol. The fourth-order valence-electron chi connectivity index (χ4n) is 1.46. The average Bonchev–Trinajstić information content (AvgIpc) is 2.73. The fraction of sp³-hybridized carbons (Fsp3) is 0.385. The van der Waals surface area contributed by atoms with Crippen LogP contribution in [0.1, 0.15) is 36.9 Å². The largest absolute Gasteiger partial charge is 0.360 e. The summed E-state index contributed by atoms with van der Waals surface area (Å²) in [5.74, 6) is 1.36. The molecule has 2 heterocycles. The van der Waals surface area contributed by atoms with Crippen LogP contribution in [-0.2, 0) is 0 Å². The van der Waals surface area contributed by atoms with Crippen LogP contribution in [0.15, 0.2) is 23.0 Å². The second-order valence-electron chi connectivity index (χ2n) is 5.45. The number of nitrogens with one attached hydrogen (secondary N) is 2. The van der Waals surface area contributed by atoms with Crippen LogP contribution in [0.3, 0.4) is 0 Å². The van der Waals surface area contributed by atoms with Gasteiger partial charge in [-0.2, -0.15) is 0 Å². The zero-order valence-corrected chi connectivity index (χ0v) is 11.9. The Morgan fingerprint density at radius 3 is 2.40 bits per heavy atom. The van der Waals surface area contributed by atoms with Crippen molar-refractivity contribution < 1.29 is 9.32 Å². The van der Waals surface area contributed by atoms with Crippen molar-refractivity contribution in [2.75, 3.05) is 5.32 Å². The highest BCUT2D eigenvalue weighted by molar-refractivity contribution is 5.94. The van der Waals surface area contributed by atoms with Crippen molar-refractivity contribution in [1.29, 1.82) is 0 Å². The standard InChI is InChI=1S/C13H17N5O2/c1-8-5-10(18-20-8)16-12-14-6-9(7-15-12)11(19)17-13(2,3)4/h5-7H,1-4H3,(H,17,19)(H,14,15,16,18). The zero-order chi connectivity index (χ0) is 14.8. The van der Waals surface area contributed by atoms with E-state index in [-0.39, 0.29) is 11.4 Å². The van der Waals surface area contributed by atoms with Crippen LogP contribution in [0.5, 0.6) is 0 Å². The van der Waals surface area contributed by atoms with Crippen LogP contribution in [0, 0.1) is 6.92 Å². The zero-order valence-electron chi connectivity index (χ0n) is 11.9. The maximum Gasteiger partial charge on any atom is 0.254 e. The van der Waals surface area contributed by atoms with Crippen LogP contribution in [0.2, 0.25) is 0 Å². The minimum Gasteiger partial charge on any atom is -0.360 e. The number of amides is 1. The predicted octanol–water partition coefficient (Wildman–Crippen LogP) is 2.04. The van der Waals surface area contributed by atoms with E-state index in [2.05, 4.69) is 25.8 Å². The fourth-order valence-corrected chi connectivity index (χ4v) is 1.46. The summed E-state index contributed by atoms with van der Waals surface area (Å²) in [6, 6.07) is 1.73. The SMILES string of the molecule is Cc1cc(Nc2ncc(C(=O)NC(C)(C)C)cn2)no1. The molecule has 0 aromatic carbocycles. The molecule has 7 nitrogen and oxygen atoms in total. The molecule has 0 bridgehead atoms. The number of aromatic nitrogens is 3. The molecule has 0 radical (unpaired) electrons. The molecule has 106 valence electrons. The van der Waals surface area contributed by atoms with Crippen molar-refractivity contribution in [1.82, 2.24) is 20.4 Å². The van der Waals surface area contributed by atoms with Gasteiger partial charge in [0.15, 0.2) is 5.82 Å². The molecule has 0 saturated heterocycles. The summed E-state index contributed by atoms with van der Waals surface area (Å²) in [5, 5.41) is 9.49. The molecule has 0 aliphatic rings. The molecule has 0 saturated carbocycles. The lowest BCUT2D eigenvalue weighted by molar-refractivity contribution is 0.0919. The number of aryl methyl sites for hydroxylation is 1. The summed E-state index contributed by atoms with van der Waals surface area (Å²) in [4.78, 5) is 20.0. The van der Waals surface area contributed by atoms with Crippen molar-refractivity contribution in [3.05, 3.63) is 29.8 Å². The van der Waals surface area contributed by atoms with Crippen molar-refractivity contribution in [2.24, 2.45) is 0 Å². The van der Waals surface area contributed by atoms with Crippen LogP contribution in [-0.4, -0.2) is 26.6 Å². The molecular weight excluding hydrogens is 258 g/mol. The molecule has 2 aromatic rings. The number of nitrogens with zero attached hydrogens (tertiary/aromatic N) is 3. The summed E-state index contributed by atoms with van der Waals surface area (Å²) in [7, 11) is 0. The minimum atomic E-state index is -0.299. The van der Waals surface area contributed by atoms with E-state index < -0.39 is 0 Å². The second-order valence-corrected chi connectivity index (χ2v) is 5.45. The highest BCUT2D eigenvalue weighted by Gasteiger charge is 2.15. The van der Waals surface area contributed by atoms with Gasteiger partial charge in [-0.3, -0.25) is 4.79 Å². The average molecular weight is 275 g/mol. The van der Waals surface area contributed by atoms with Crippen molar-refractivity contribution >= 4 is 17.7 Å². The van der Waals surface area contributed by atoms with Gasteiger partial charge in [0.1, 0.15) is 5.76 Å². The molecular formula is C13H17N5O2. The Morgan fingerprint density at radius 2 is 1.90 bits per heavy atom. The molecule has 0 aliphatic heterocycles. The Morgan fingerprint density at radius 1 is 1.25 bits per heavy atom. The molecule has 2 rings (SSSR count). The van der Waals surface area contributed by atoms with Crippen molar-refractivity contribution in [2.45, 2.75) is 33.2 Å². The van der Waals surface area contributed by atoms with Crippen LogP contribution >= 0.6 is 0 Å². The molecule has 0 aliphatic carbocycles. The molecule has 7 heteroatoms. The van der Waals surface area contributed by atoms with Crippen molar-refractivity contribution in [3.63, 3.8) is 0 Å². The molecule has 0 spiro atoms. The van der Waals surface area contributed by atoms with Crippen LogP contribution in [0.4, 0.5) is 11.8 Å². The third-order valence-corrected chi connectivity index (χ3v) is 2.27. The van der Waals surface area contributed by atoms with E-state index in [0.29, 0.717) is 23.1 Å². The lowest BCUT2D eigenvalue weighted by Gasteiger charge is -2.20. The summed E-state index contributed by atoms with van der Waals surface area (Å²) in [6.45, 7) is 7.52. The lowest BCUT2D eigenvalue weighted by atomic mass is 10.1. The number of hydrogen-bond donors (Lipinski definition) is 2. The van der Waals surface area contributed by atoms with E-state index in [1.807, 2.05) is 20.8 Å². The van der Waals surface area contributed by atoms with Gasteiger partial charge in [-0.15, -0.1) is 0 Å². The quantitative estimate of drug-likeness (QED) is 0.890. The van der Waals surface area contributed by atoms with E-state index in [1.54, 1.807) is 13.0 Å². The van der Waals surface area contributed by atoms with Crippen LogP contribution < -0.4 is 10.6 Å². The highest BCUT2D eigenvalue weighted by Crippen LogP contribution is 2.12. The number of hydrogen-bond acceptors (Lipinski definition) is 6. The van der Waals surface area contributed by atoms with Gasteiger partial charge in [0.2, 0.25) is 5.95 Å². The molecule has 2 aromatic heterocycles. The first-order valence-electron chi connectivity index (χ1n) is 6.18. The smallest absolute Gasteiger partial charge is 0.254 e. The maximum atomic E-state index is 11.9. The molecule has 2 N–H and O–H groups in total. The van der Waals surface area contributed by atoms with Gasteiger partial charge < -0.3 is 15.2 Å². The second kappa shape index (κ2) is 5.28. The van der Waals surface area contributed by atoms with Gasteiger partial charge in [-0.1, -0.05) is 5.16 Å². The van der Waals surface area contributed by atoms with Gasteiger partial charge in [0.25, 0.3) is 5.91 Å². The van der Waals surface area contributed by atoms with E-state index in [1.165, 1.54) is 12.4 Å². The Kier molecular flexibility index (Phi) is 3.69. The van der Waals surface area contributed by atoms with E-state index >= 15 is 0 Å². The first-order chi connectivity index (χ1) is 9.33. The molecule has 0 atom stereocenters. The summed E-state index contributed by atoms with van der Waals surface area (Å²) in [6.07, 6.45) is 2.92. The summed E-state index contributed by atoms with van der Waals surface area (Å²) in [5.41, 5.74) is 0.105. The minimum absolute atomic E-state index is 0.207. The maximum absolute atomic E-state index is 11.9. The lowest BCUT2D eigenvalue weighted by Crippen LogP contribution is -2.40. The summed E-state index contributed by atoms with van der Waals surface area (Å²) < 4.78 is 4.92. The first kappa shape index (κ1) is 14.0. The van der Waals surface area contributed by atoms with E-state index in [9.17, 15) is 4.79 Å². The van der Waals surface area contributed by atoms with Crippen LogP contribution in [0.25, 0.3) is 0 Å². The van der Waals surface area contributed by atoms with E-state index in [0.717, 1.165) is 0 Å². The number of carbonyl (C=O) groups is 1. The Labute approximate surface area is 116 Å². The van der Waals surface area contributed by atoms with Gasteiger partial charge >= 0.3 is 0 Å². The van der Waals surface area contributed by atoms with E-state index in [4.69, 9.17) is 4.52 Å². The topological polar surface area (TPSA) is 92.9 Å². The van der Waals surface area contributed by atoms with Gasteiger partial charge in [0.05, 0.1) is 5.56 Å². The van der Waals surface area contributed by atoms with Gasteiger partial charge in [-0.25, -0.2) is 9.97 Å². The first-order valence-corrected chi connectivity index (χ1v) is 6.18. The van der Waals surface area contributed by atoms with Gasteiger partial charge in [-0.05, 0) is 27.7 Å². The summed E-state index contributed by atoms with van der Waals surface area (Å²) >= 11 is 0. The molecule has 0 unspecified atom stereocenters.